The second-order valence-corrected chi connectivity index (χ2v) is 6.36. The number of hydrogen-bond donors (Lipinski definition) is 3. The highest BCUT2D eigenvalue weighted by Gasteiger charge is 2.29. The lowest BCUT2D eigenvalue weighted by Crippen LogP contribution is -2.16. The van der Waals surface area contributed by atoms with E-state index < -0.39 is 11.9 Å². The Labute approximate surface area is 161 Å². The number of benzene rings is 2. The highest BCUT2D eigenvalue weighted by atomic mass is 16.5. The lowest BCUT2D eigenvalue weighted by molar-refractivity contribution is -0.117. The van der Waals surface area contributed by atoms with Crippen molar-refractivity contribution in [1.29, 1.82) is 0 Å². The minimum atomic E-state index is -1.17. The normalized spacial score (nSPS) is 12.8. The second kappa shape index (κ2) is 7.99. The van der Waals surface area contributed by atoms with Crippen molar-refractivity contribution in [2.24, 2.45) is 5.92 Å². The van der Waals surface area contributed by atoms with Crippen molar-refractivity contribution in [2.75, 3.05) is 24.9 Å². The highest BCUT2D eigenvalue weighted by Crippen LogP contribution is 2.37. The summed E-state index contributed by atoms with van der Waals surface area (Å²) in [5.74, 6) is -1.26. The number of aromatic carboxylic acids is 1. The van der Waals surface area contributed by atoms with Gasteiger partial charge in [-0.3, -0.25) is 9.59 Å². The Hall–Kier alpha value is -3.55. The predicted octanol–water partition coefficient (Wildman–Crippen LogP) is 3.00. The molecule has 0 aromatic heterocycles. The summed E-state index contributed by atoms with van der Waals surface area (Å²) in [7, 11) is 2.77. The summed E-state index contributed by atoms with van der Waals surface area (Å²) in [5.41, 5.74) is 0.929. The molecule has 146 valence electrons. The maximum Gasteiger partial charge on any atom is 0.335 e. The van der Waals surface area contributed by atoms with Crippen LogP contribution in [-0.2, 0) is 4.79 Å². The molecule has 8 heteroatoms. The summed E-state index contributed by atoms with van der Waals surface area (Å²) in [6, 6.07) is 9.10. The summed E-state index contributed by atoms with van der Waals surface area (Å²) < 4.78 is 10.4. The van der Waals surface area contributed by atoms with Crippen molar-refractivity contribution in [3.8, 4) is 11.5 Å². The predicted molar refractivity (Wildman–Crippen MR) is 102 cm³/mol. The standard InChI is InChI=1S/C20H20N2O6/c1-27-16-10-13(20(25)26)9-15(17(16)28-2)22-19(24)12-4-3-5-14(8-12)21-18(23)11-6-7-11/h3-5,8-11H,6-7H2,1-2H3,(H,21,23)(H,22,24)(H,25,26). The summed E-state index contributed by atoms with van der Waals surface area (Å²) in [6.07, 6.45) is 1.76. The van der Waals surface area contributed by atoms with E-state index in [4.69, 9.17) is 9.47 Å². The number of anilines is 2. The quantitative estimate of drug-likeness (QED) is 0.676. The zero-order chi connectivity index (χ0) is 20.3. The van der Waals surface area contributed by atoms with Gasteiger partial charge in [-0.2, -0.15) is 0 Å². The molecule has 0 aliphatic heterocycles. The Kier molecular flexibility index (Phi) is 5.49. The minimum absolute atomic E-state index is 0.0490. The number of ether oxygens (including phenoxy) is 2. The summed E-state index contributed by atoms with van der Waals surface area (Å²) in [4.78, 5) is 35.9. The van der Waals surface area contributed by atoms with Crippen molar-refractivity contribution < 1.29 is 29.0 Å². The third kappa shape index (κ3) is 4.22. The van der Waals surface area contributed by atoms with E-state index in [2.05, 4.69) is 10.6 Å². The van der Waals surface area contributed by atoms with Crippen LogP contribution in [-0.4, -0.2) is 37.1 Å². The lowest BCUT2D eigenvalue weighted by atomic mass is 10.1. The van der Waals surface area contributed by atoms with Crippen LogP contribution in [0.2, 0.25) is 0 Å². The molecule has 1 fully saturated rings. The number of carboxylic acid groups (broad SMARTS) is 1. The molecule has 0 spiro atoms. The van der Waals surface area contributed by atoms with E-state index in [1.807, 2.05) is 0 Å². The Morgan fingerprint density at radius 3 is 2.36 bits per heavy atom. The van der Waals surface area contributed by atoms with Crippen LogP contribution < -0.4 is 20.1 Å². The molecule has 0 saturated heterocycles. The Morgan fingerprint density at radius 1 is 1.00 bits per heavy atom. The van der Waals surface area contributed by atoms with Gasteiger partial charge in [-0.1, -0.05) is 6.07 Å². The van der Waals surface area contributed by atoms with Gasteiger partial charge in [0.15, 0.2) is 11.5 Å². The molecule has 3 N–H and O–H groups in total. The number of amides is 2. The van der Waals surface area contributed by atoms with Gasteiger partial charge in [0.1, 0.15) is 0 Å². The van der Waals surface area contributed by atoms with Crippen LogP contribution in [0, 0.1) is 5.92 Å². The summed E-state index contributed by atoms with van der Waals surface area (Å²) >= 11 is 0. The number of methoxy groups -OCH3 is 2. The average molecular weight is 384 g/mol. The van der Waals surface area contributed by atoms with E-state index >= 15 is 0 Å². The fraction of sp³-hybridized carbons (Fsp3) is 0.250. The van der Waals surface area contributed by atoms with E-state index in [-0.39, 0.29) is 34.6 Å². The SMILES string of the molecule is COc1cc(C(=O)O)cc(NC(=O)c2cccc(NC(=O)C3CC3)c2)c1OC. The number of hydrogen-bond acceptors (Lipinski definition) is 5. The van der Waals surface area contributed by atoms with Crippen molar-refractivity contribution in [3.05, 3.63) is 47.5 Å². The van der Waals surface area contributed by atoms with Crippen molar-refractivity contribution in [2.45, 2.75) is 12.8 Å². The summed E-state index contributed by atoms with van der Waals surface area (Å²) in [5, 5.41) is 14.7. The fourth-order valence-corrected chi connectivity index (χ4v) is 2.70. The number of carboxylic acids is 1. The molecule has 3 rings (SSSR count). The number of rotatable bonds is 7. The van der Waals surface area contributed by atoms with E-state index in [0.29, 0.717) is 11.3 Å². The van der Waals surface area contributed by atoms with Gasteiger partial charge in [-0.05, 0) is 43.2 Å². The minimum Gasteiger partial charge on any atom is -0.493 e. The Morgan fingerprint density at radius 2 is 1.75 bits per heavy atom. The first-order valence-corrected chi connectivity index (χ1v) is 8.64. The first-order chi connectivity index (χ1) is 13.4. The zero-order valence-corrected chi connectivity index (χ0v) is 15.4. The molecule has 2 aromatic rings. The van der Waals surface area contributed by atoms with Crippen LogP contribution in [0.5, 0.6) is 11.5 Å². The molecular formula is C20H20N2O6. The van der Waals surface area contributed by atoms with E-state index in [0.717, 1.165) is 12.8 Å². The highest BCUT2D eigenvalue weighted by molar-refractivity contribution is 6.07. The van der Waals surface area contributed by atoms with Crippen LogP contribution in [0.25, 0.3) is 0 Å². The molecular weight excluding hydrogens is 364 g/mol. The molecule has 28 heavy (non-hydrogen) atoms. The first kappa shape index (κ1) is 19.2. The van der Waals surface area contributed by atoms with Crippen molar-refractivity contribution in [1.82, 2.24) is 0 Å². The van der Waals surface area contributed by atoms with E-state index in [9.17, 15) is 19.5 Å². The molecule has 1 aliphatic carbocycles. The van der Waals surface area contributed by atoms with Gasteiger partial charge in [0.05, 0.1) is 25.5 Å². The van der Waals surface area contributed by atoms with Crippen LogP contribution in [0.1, 0.15) is 33.6 Å². The van der Waals surface area contributed by atoms with Crippen LogP contribution >= 0.6 is 0 Å². The molecule has 0 radical (unpaired) electrons. The monoisotopic (exact) mass is 384 g/mol. The molecule has 8 nitrogen and oxygen atoms in total. The lowest BCUT2D eigenvalue weighted by Gasteiger charge is -2.15. The molecule has 2 amide bonds. The van der Waals surface area contributed by atoms with Gasteiger partial charge >= 0.3 is 5.97 Å². The van der Waals surface area contributed by atoms with E-state index in [1.54, 1.807) is 24.3 Å². The molecule has 0 heterocycles. The Bertz CT molecular complexity index is 936. The van der Waals surface area contributed by atoms with Gasteiger partial charge in [0.2, 0.25) is 5.91 Å². The van der Waals surface area contributed by atoms with Crippen molar-refractivity contribution in [3.63, 3.8) is 0 Å². The largest absolute Gasteiger partial charge is 0.493 e. The van der Waals surface area contributed by atoms with Crippen molar-refractivity contribution >= 4 is 29.2 Å². The molecule has 1 aliphatic rings. The third-order valence-electron chi connectivity index (χ3n) is 4.31. The van der Waals surface area contributed by atoms with Gasteiger partial charge in [-0.25, -0.2) is 4.79 Å². The molecule has 1 saturated carbocycles. The number of nitrogens with one attached hydrogen (secondary N) is 2. The second-order valence-electron chi connectivity index (χ2n) is 6.36. The number of carbonyl (C=O) groups is 3. The smallest absolute Gasteiger partial charge is 0.335 e. The maximum absolute atomic E-state index is 12.7. The van der Waals surface area contributed by atoms with E-state index in [1.165, 1.54) is 26.4 Å². The van der Waals surface area contributed by atoms with Gasteiger partial charge < -0.3 is 25.2 Å². The first-order valence-electron chi connectivity index (χ1n) is 8.64. The molecule has 0 bridgehead atoms. The summed E-state index contributed by atoms with van der Waals surface area (Å²) in [6.45, 7) is 0. The molecule has 0 atom stereocenters. The van der Waals surface area contributed by atoms with Gasteiger partial charge in [0.25, 0.3) is 5.91 Å². The fourth-order valence-electron chi connectivity index (χ4n) is 2.70. The Balaban J connectivity index is 1.85. The maximum atomic E-state index is 12.7. The van der Waals surface area contributed by atoms with Crippen LogP contribution in [0.4, 0.5) is 11.4 Å². The molecule has 0 unspecified atom stereocenters. The molecule has 2 aromatic carbocycles. The van der Waals surface area contributed by atoms with Crippen LogP contribution in [0.15, 0.2) is 36.4 Å². The van der Waals surface area contributed by atoms with Gasteiger partial charge in [0, 0.05) is 17.2 Å². The average Bonchev–Trinajstić information content (AvgIpc) is 3.52. The third-order valence-corrected chi connectivity index (χ3v) is 4.31. The topological polar surface area (TPSA) is 114 Å². The van der Waals surface area contributed by atoms with Gasteiger partial charge in [-0.15, -0.1) is 0 Å². The number of carbonyl (C=O) groups excluding carboxylic acids is 2. The van der Waals surface area contributed by atoms with Crippen LogP contribution in [0.3, 0.4) is 0 Å². The zero-order valence-electron chi connectivity index (χ0n) is 15.4.